The van der Waals surface area contributed by atoms with Crippen molar-refractivity contribution in [1.29, 1.82) is 0 Å². The van der Waals surface area contributed by atoms with Crippen molar-refractivity contribution in [2.75, 3.05) is 85.7 Å². The van der Waals surface area contributed by atoms with Crippen LogP contribution in [0.5, 0.6) is 0 Å². The molecule has 3 heterocycles. The Hall–Kier alpha value is -1.38. The Kier molecular flexibility index (Phi) is 8.56. The standard InChI is InChI=1S/C21H40N6O2/c1-18(2)16-27-6-4-5-19(27)15-23-21(22-3)26-9-7-24(8-10-26)17-20(28)25-11-13-29-14-12-25/h18-19H,4-17H2,1-3H3,(H,22,23)/t19-/m1/s1. The molecule has 3 saturated heterocycles. The Balaban J connectivity index is 1.40. The van der Waals surface area contributed by atoms with E-state index in [1.807, 2.05) is 11.9 Å². The Bertz CT molecular complexity index is 541. The smallest absolute Gasteiger partial charge is 0.236 e. The third kappa shape index (κ3) is 6.55. The number of hydrogen-bond acceptors (Lipinski definition) is 5. The van der Waals surface area contributed by atoms with Crippen molar-refractivity contribution < 1.29 is 9.53 Å². The molecule has 0 unspecified atom stereocenters. The molecule has 0 bridgehead atoms. The van der Waals surface area contributed by atoms with Gasteiger partial charge in [0.15, 0.2) is 5.96 Å². The molecule has 3 rings (SSSR count). The largest absolute Gasteiger partial charge is 0.378 e. The SMILES string of the molecule is CN=C(NC[C@H]1CCCN1CC(C)C)N1CCN(CC(=O)N2CCOCC2)CC1. The quantitative estimate of drug-likeness (QED) is 0.499. The van der Waals surface area contributed by atoms with Crippen molar-refractivity contribution in [2.45, 2.75) is 32.7 Å². The van der Waals surface area contributed by atoms with Gasteiger partial charge in [0, 0.05) is 65.4 Å². The summed E-state index contributed by atoms with van der Waals surface area (Å²) in [6.45, 7) is 14.9. The zero-order chi connectivity index (χ0) is 20.6. The molecule has 1 N–H and O–H groups in total. The van der Waals surface area contributed by atoms with E-state index >= 15 is 0 Å². The number of piperazine rings is 1. The monoisotopic (exact) mass is 408 g/mol. The van der Waals surface area contributed by atoms with E-state index in [4.69, 9.17) is 4.74 Å². The normalized spacial score (nSPS) is 25.1. The molecule has 8 heteroatoms. The van der Waals surface area contributed by atoms with Crippen LogP contribution in [0.3, 0.4) is 0 Å². The average Bonchev–Trinajstić information content (AvgIpc) is 3.16. The number of rotatable bonds is 6. The first-order valence-electron chi connectivity index (χ1n) is 11.3. The molecule has 0 aromatic carbocycles. The highest BCUT2D eigenvalue weighted by Crippen LogP contribution is 2.18. The van der Waals surface area contributed by atoms with Crippen LogP contribution in [0.4, 0.5) is 0 Å². The van der Waals surface area contributed by atoms with Crippen molar-refractivity contribution in [3.05, 3.63) is 0 Å². The molecule has 8 nitrogen and oxygen atoms in total. The van der Waals surface area contributed by atoms with Crippen LogP contribution < -0.4 is 5.32 Å². The van der Waals surface area contributed by atoms with Gasteiger partial charge >= 0.3 is 0 Å². The van der Waals surface area contributed by atoms with Crippen LogP contribution in [0.15, 0.2) is 4.99 Å². The van der Waals surface area contributed by atoms with Crippen molar-refractivity contribution in [3.63, 3.8) is 0 Å². The van der Waals surface area contributed by atoms with Gasteiger partial charge in [0.05, 0.1) is 19.8 Å². The van der Waals surface area contributed by atoms with E-state index in [0.29, 0.717) is 31.7 Å². The second kappa shape index (κ2) is 11.1. The molecule has 3 aliphatic rings. The predicted octanol–water partition coefficient (Wildman–Crippen LogP) is 0.159. The summed E-state index contributed by atoms with van der Waals surface area (Å²) in [5.41, 5.74) is 0. The molecule has 1 amide bonds. The van der Waals surface area contributed by atoms with E-state index in [-0.39, 0.29) is 5.91 Å². The van der Waals surface area contributed by atoms with Crippen molar-refractivity contribution in [2.24, 2.45) is 10.9 Å². The van der Waals surface area contributed by atoms with Crippen molar-refractivity contribution >= 4 is 11.9 Å². The summed E-state index contributed by atoms with van der Waals surface area (Å²) < 4.78 is 5.34. The Labute approximate surface area is 176 Å². The number of carbonyl (C=O) groups is 1. The number of likely N-dealkylation sites (tertiary alicyclic amines) is 1. The van der Waals surface area contributed by atoms with E-state index < -0.39 is 0 Å². The van der Waals surface area contributed by atoms with Crippen LogP contribution in [0.2, 0.25) is 0 Å². The molecule has 0 saturated carbocycles. The van der Waals surface area contributed by atoms with Crippen LogP contribution in [0.1, 0.15) is 26.7 Å². The highest BCUT2D eigenvalue weighted by molar-refractivity contribution is 5.80. The fourth-order valence-electron chi connectivity index (χ4n) is 4.60. The van der Waals surface area contributed by atoms with Gasteiger partial charge in [-0.25, -0.2) is 0 Å². The number of nitrogens with one attached hydrogen (secondary N) is 1. The van der Waals surface area contributed by atoms with Crippen LogP contribution in [-0.4, -0.2) is 123 Å². The number of carbonyl (C=O) groups excluding carboxylic acids is 1. The molecule has 3 fully saturated rings. The van der Waals surface area contributed by atoms with Crippen LogP contribution in [-0.2, 0) is 9.53 Å². The number of aliphatic imine (C=N–C) groups is 1. The minimum absolute atomic E-state index is 0.232. The van der Waals surface area contributed by atoms with E-state index in [9.17, 15) is 4.79 Å². The molecule has 0 spiro atoms. The van der Waals surface area contributed by atoms with Gasteiger partial charge in [-0.05, 0) is 25.3 Å². The Morgan fingerprint density at radius 3 is 2.45 bits per heavy atom. The summed E-state index contributed by atoms with van der Waals surface area (Å²) >= 11 is 0. The molecular formula is C21H40N6O2. The lowest BCUT2D eigenvalue weighted by atomic mass is 10.1. The number of ether oxygens (including phenoxy) is 1. The lowest BCUT2D eigenvalue weighted by Crippen LogP contribution is -2.55. The third-order valence-corrected chi connectivity index (χ3v) is 6.20. The van der Waals surface area contributed by atoms with E-state index in [1.165, 1.54) is 25.9 Å². The second-order valence-electron chi connectivity index (χ2n) is 8.87. The number of hydrogen-bond donors (Lipinski definition) is 1. The zero-order valence-electron chi connectivity index (χ0n) is 18.6. The fourth-order valence-corrected chi connectivity index (χ4v) is 4.60. The molecule has 0 aliphatic carbocycles. The second-order valence-corrected chi connectivity index (χ2v) is 8.87. The van der Waals surface area contributed by atoms with E-state index in [2.05, 4.69) is 38.9 Å². The van der Waals surface area contributed by atoms with Crippen LogP contribution >= 0.6 is 0 Å². The van der Waals surface area contributed by atoms with Crippen molar-refractivity contribution in [1.82, 2.24) is 24.9 Å². The summed E-state index contributed by atoms with van der Waals surface area (Å²) in [4.78, 5) is 26.1. The molecule has 29 heavy (non-hydrogen) atoms. The summed E-state index contributed by atoms with van der Waals surface area (Å²) in [7, 11) is 1.87. The lowest BCUT2D eigenvalue weighted by molar-refractivity contribution is -0.136. The van der Waals surface area contributed by atoms with Gasteiger partial charge in [-0.15, -0.1) is 0 Å². The maximum atomic E-state index is 12.5. The minimum atomic E-state index is 0.232. The molecule has 3 aliphatic heterocycles. The van der Waals surface area contributed by atoms with E-state index in [1.54, 1.807) is 0 Å². The maximum absolute atomic E-state index is 12.5. The number of morpholine rings is 1. The van der Waals surface area contributed by atoms with Gasteiger partial charge in [-0.2, -0.15) is 0 Å². The summed E-state index contributed by atoms with van der Waals surface area (Å²) in [6, 6.07) is 0.613. The van der Waals surface area contributed by atoms with Gasteiger partial charge in [0.2, 0.25) is 5.91 Å². The summed E-state index contributed by atoms with van der Waals surface area (Å²) in [5, 5.41) is 3.62. The van der Waals surface area contributed by atoms with Gasteiger partial charge < -0.3 is 19.9 Å². The number of guanidine groups is 1. The molecule has 166 valence electrons. The third-order valence-electron chi connectivity index (χ3n) is 6.20. The zero-order valence-corrected chi connectivity index (χ0v) is 18.6. The topological polar surface area (TPSA) is 63.7 Å². The maximum Gasteiger partial charge on any atom is 0.236 e. The molecule has 0 aromatic rings. The first-order chi connectivity index (χ1) is 14.1. The summed E-state index contributed by atoms with van der Waals surface area (Å²) in [5.74, 6) is 1.94. The molecular weight excluding hydrogens is 368 g/mol. The fraction of sp³-hybridized carbons (Fsp3) is 0.905. The first-order valence-corrected chi connectivity index (χ1v) is 11.3. The molecule has 1 atom stereocenters. The van der Waals surface area contributed by atoms with Gasteiger partial charge in [0.1, 0.15) is 0 Å². The minimum Gasteiger partial charge on any atom is -0.378 e. The van der Waals surface area contributed by atoms with Crippen LogP contribution in [0.25, 0.3) is 0 Å². The van der Waals surface area contributed by atoms with Gasteiger partial charge in [-0.1, -0.05) is 13.8 Å². The Morgan fingerprint density at radius 1 is 1.07 bits per heavy atom. The van der Waals surface area contributed by atoms with Crippen molar-refractivity contribution in [3.8, 4) is 0 Å². The number of amides is 1. The first kappa shape index (κ1) is 22.3. The predicted molar refractivity (Wildman–Crippen MR) is 116 cm³/mol. The van der Waals surface area contributed by atoms with E-state index in [0.717, 1.165) is 51.8 Å². The summed E-state index contributed by atoms with van der Waals surface area (Å²) in [6.07, 6.45) is 2.57. The number of nitrogens with zero attached hydrogens (tertiary/aromatic N) is 5. The highest BCUT2D eigenvalue weighted by Gasteiger charge is 2.27. The van der Waals surface area contributed by atoms with Gasteiger partial charge in [-0.3, -0.25) is 19.6 Å². The Morgan fingerprint density at radius 2 is 1.79 bits per heavy atom. The van der Waals surface area contributed by atoms with Crippen LogP contribution in [0, 0.1) is 5.92 Å². The molecule has 0 aromatic heterocycles. The lowest BCUT2D eigenvalue weighted by Gasteiger charge is -2.38. The average molecular weight is 409 g/mol. The van der Waals surface area contributed by atoms with Gasteiger partial charge in [0.25, 0.3) is 0 Å². The highest BCUT2D eigenvalue weighted by atomic mass is 16.5. The molecule has 0 radical (unpaired) electrons.